The van der Waals surface area contributed by atoms with Crippen LogP contribution in [0.25, 0.3) is 0 Å². The van der Waals surface area contributed by atoms with Crippen LogP contribution in [0, 0.1) is 14.0 Å². The van der Waals surface area contributed by atoms with Gasteiger partial charge in [0.05, 0.1) is 0 Å². The van der Waals surface area contributed by atoms with E-state index in [9.17, 15) is 0 Å². The second-order valence-electron chi connectivity index (χ2n) is 4.17. The van der Waals surface area contributed by atoms with Crippen LogP contribution >= 0.6 is 0 Å². The zero-order chi connectivity index (χ0) is 9.97. The number of hydrogen-bond donors (Lipinski definition) is 0. The smallest absolute Gasteiger partial charge is 0.0438 e. The van der Waals surface area contributed by atoms with E-state index in [2.05, 4.69) is 31.2 Å². The second-order valence-corrected chi connectivity index (χ2v) is 4.17. The minimum atomic E-state index is 0.719. The molecular weight excluding hydrogens is 170 g/mol. The molecular formula is C13H17N. The molecule has 0 saturated carbocycles. The average Bonchev–Trinajstić information content (AvgIpc) is 2.20. The van der Waals surface area contributed by atoms with Gasteiger partial charge in [0.15, 0.2) is 0 Å². The largest absolute Gasteiger partial charge is 0.297 e. The van der Waals surface area contributed by atoms with E-state index in [4.69, 9.17) is 7.05 Å². The van der Waals surface area contributed by atoms with Crippen LogP contribution in [-0.2, 0) is 0 Å². The molecule has 0 atom stereocenters. The van der Waals surface area contributed by atoms with Gasteiger partial charge >= 0.3 is 0 Å². The maximum absolute atomic E-state index is 5.75. The van der Waals surface area contributed by atoms with Crippen LogP contribution in [0.3, 0.4) is 0 Å². The normalized spacial score (nSPS) is 19.9. The number of rotatable bonds is 1. The molecule has 1 aliphatic heterocycles. The summed E-state index contributed by atoms with van der Waals surface area (Å²) >= 11 is 0. The zero-order valence-electron chi connectivity index (χ0n) is 8.74. The SMILES string of the molecule is [CH]N1CCC(c2ccccc2C)CC1. The van der Waals surface area contributed by atoms with E-state index in [1.54, 1.807) is 0 Å². The summed E-state index contributed by atoms with van der Waals surface area (Å²) in [5, 5.41) is 0. The Kier molecular flexibility index (Phi) is 2.87. The number of aryl methyl sites for hydroxylation is 1. The molecule has 1 heterocycles. The van der Waals surface area contributed by atoms with E-state index in [-0.39, 0.29) is 0 Å². The summed E-state index contributed by atoms with van der Waals surface area (Å²) in [5.41, 5.74) is 2.93. The average molecular weight is 187 g/mol. The van der Waals surface area contributed by atoms with Crippen molar-refractivity contribution in [3.8, 4) is 0 Å². The van der Waals surface area contributed by atoms with E-state index in [1.165, 1.54) is 24.0 Å². The first kappa shape index (κ1) is 9.72. The van der Waals surface area contributed by atoms with Crippen molar-refractivity contribution in [3.63, 3.8) is 0 Å². The molecule has 2 radical (unpaired) electrons. The zero-order valence-corrected chi connectivity index (χ0v) is 8.74. The molecule has 0 N–H and O–H groups in total. The van der Waals surface area contributed by atoms with Crippen LogP contribution in [0.5, 0.6) is 0 Å². The highest BCUT2D eigenvalue weighted by molar-refractivity contribution is 5.29. The van der Waals surface area contributed by atoms with Gasteiger partial charge in [0.2, 0.25) is 0 Å². The summed E-state index contributed by atoms with van der Waals surface area (Å²) in [6.07, 6.45) is 2.39. The third-order valence-corrected chi connectivity index (χ3v) is 3.16. The van der Waals surface area contributed by atoms with Gasteiger partial charge in [0.25, 0.3) is 0 Å². The summed E-state index contributed by atoms with van der Waals surface area (Å²) in [6, 6.07) is 8.70. The van der Waals surface area contributed by atoms with Crippen LogP contribution in [0.2, 0.25) is 0 Å². The fourth-order valence-electron chi connectivity index (χ4n) is 2.26. The van der Waals surface area contributed by atoms with Gasteiger partial charge in [-0.1, -0.05) is 24.3 Å². The summed E-state index contributed by atoms with van der Waals surface area (Å²) in [7, 11) is 5.75. The molecule has 0 bridgehead atoms. The van der Waals surface area contributed by atoms with Gasteiger partial charge in [-0.25, -0.2) is 0 Å². The standard InChI is InChI=1S/C13H17N/c1-11-5-3-4-6-13(11)12-7-9-14(2)10-8-12/h2-6,12H,7-10H2,1H3. The third kappa shape index (κ3) is 1.98. The van der Waals surface area contributed by atoms with E-state index in [1.807, 2.05) is 4.90 Å². The Morgan fingerprint density at radius 1 is 1.21 bits per heavy atom. The number of hydrogen-bond acceptors (Lipinski definition) is 1. The molecule has 1 aromatic carbocycles. The first-order chi connectivity index (χ1) is 6.77. The maximum Gasteiger partial charge on any atom is 0.0438 e. The number of piperidine rings is 1. The second kappa shape index (κ2) is 4.14. The van der Waals surface area contributed by atoms with Crippen molar-refractivity contribution in [1.29, 1.82) is 0 Å². The Morgan fingerprint density at radius 3 is 2.50 bits per heavy atom. The fraction of sp³-hybridized carbons (Fsp3) is 0.462. The molecule has 1 aliphatic rings. The summed E-state index contributed by atoms with van der Waals surface area (Å²) in [5.74, 6) is 0.719. The Labute approximate surface area is 86.7 Å². The van der Waals surface area contributed by atoms with Gasteiger partial charge in [0, 0.05) is 7.05 Å². The van der Waals surface area contributed by atoms with Crippen molar-refractivity contribution < 1.29 is 0 Å². The molecule has 2 rings (SSSR count). The summed E-state index contributed by atoms with van der Waals surface area (Å²) in [4.78, 5) is 1.93. The van der Waals surface area contributed by atoms with Crippen LogP contribution in [0.15, 0.2) is 24.3 Å². The first-order valence-corrected chi connectivity index (χ1v) is 5.32. The molecule has 1 nitrogen and oxygen atoms in total. The van der Waals surface area contributed by atoms with Gasteiger partial charge in [-0.05, 0) is 49.9 Å². The van der Waals surface area contributed by atoms with E-state index in [0.29, 0.717) is 0 Å². The lowest BCUT2D eigenvalue weighted by molar-refractivity contribution is 0.280. The summed E-state index contributed by atoms with van der Waals surface area (Å²) < 4.78 is 0. The Balaban J connectivity index is 2.12. The molecule has 1 fully saturated rings. The van der Waals surface area contributed by atoms with E-state index in [0.717, 1.165) is 19.0 Å². The Morgan fingerprint density at radius 2 is 1.86 bits per heavy atom. The topological polar surface area (TPSA) is 3.24 Å². The molecule has 14 heavy (non-hydrogen) atoms. The van der Waals surface area contributed by atoms with Crippen LogP contribution in [0.1, 0.15) is 29.9 Å². The quantitative estimate of drug-likeness (QED) is 0.653. The maximum atomic E-state index is 5.75. The number of benzene rings is 1. The molecule has 1 saturated heterocycles. The van der Waals surface area contributed by atoms with Crippen molar-refractivity contribution in [2.24, 2.45) is 0 Å². The van der Waals surface area contributed by atoms with Crippen molar-refractivity contribution >= 4 is 0 Å². The van der Waals surface area contributed by atoms with Crippen molar-refractivity contribution in [1.82, 2.24) is 4.90 Å². The Bertz CT molecular complexity index is 298. The molecule has 0 amide bonds. The molecule has 0 unspecified atom stereocenters. The number of nitrogens with zero attached hydrogens (tertiary/aromatic N) is 1. The molecule has 1 aromatic rings. The lowest BCUT2D eigenvalue weighted by Crippen LogP contribution is -2.27. The monoisotopic (exact) mass is 187 g/mol. The van der Waals surface area contributed by atoms with Gasteiger partial charge < -0.3 is 0 Å². The third-order valence-electron chi connectivity index (χ3n) is 3.16. The minimum Gasteiger partial charge on any atom is -0.297 e. The predicted molar refractivity (Wildman–Crippen MR) is 59.0 cm³/mol. The highest BCUT2D eigenvalue weighted by atomic mass is 15.1. The van der Waals surface area contributed by atoms with Crippen molar-refractivity contribution in [2.75, 3.05) is 13.1 Å². The molecule has 74 valence electrons. The molecule has 0 aromatic heterocycles. The van der Waals surface area contributed by atoms with Crippen LogP contribution < -0.4 is 0 Å². The minimum absolute atomic E-state index is 0.719. The number of likely N-dealkylation sites (tertiary alicyclic amines) is 1. The van der Waals surface area contributed by atoms with Crippen molar-refractivity contribution in [3.05, 3.63) is 42.4 Å². The lowest BCUT2D eigenvalue weighted by Gasteiger charge is -2.29. The van der Waals surface area contributed by atoms with Gasteiger partial charge in [0.1, 0.15) is 0 Å². The van der Waals surface area contributed by atoms with Gasteiger partial charge in [-0.15, -0.1) is 0 Å². The summed E-state index contributed by atoms with van der Waals surface area (Å²) in [6.45, 7) is 4.25. The first-order valence-electron chi connectivity index (χ1n) is 5.32. The van der Waals surface area contributed by atoms with Crippen molar-refractivity contribution in [2.45, 2.75) is 25.7 Å². The lowest BCUT2D eigenvalue weighted by atomic mass is 9.87. The van der Waals surface area contributed by atoms with Crippen LogP contribution in [0.4, 0.5) is 0 Å². The van der Waals surface area contributed by atoms with E-state index < -0.39 is 0 Å². The van der Waals surface area contributed by atoms with Gasteiger partial charge in [-0.2, -0.15) is 0 Å². The highest BCUT2D eigenvalue weighted by Crippen LogP contribution is 2.29. The predicted octanol–water partition coefficient (Wildman–Crippen LogP) is 2.84. The highest BCUT2D eigenvalue weighted by Gasteiger charge is 2.19. The van der Waals surface area contributed by atoms with E-state index >= 15 is 0 Å². The van der Waals surface area contributed by atoms with Crippen LogP contribution in [-0.4, -0.2) is 18.0 Å². The fourth-order valence-corrected chi connectivity index (χ4v) is 2.26. The molecule has 0 aliphatic carbocycles. The molecule has 1 heteroatoms. The molecule has 0 spiro atoms. The van der Waals surface area contributed by atoms with Gasteiger partial charge in [-0.3, -0.25) is 4.90 Å². The Hall–Kier alpha value is -0.820.